The van der Waals surface area contributed by atoms with E-state index in [4.69, 9.17) is 17.3 Å². The molecule has 0 bridgehead atoms. The molecule has 0 unspecified atom stereocenters. The van der Waals surface area contributed by atoms with Crippen LogP contribution in [0.5, 0.6) is 0 Å². The number of alkyl halides is 3. The first-order valence-electron chi connectivity index (χ1n) is 6.15. The van der Waals surface area contributed by atoms with E-state index in [0.29, 0.717) is 17.9 Å². The second-order valence-corrected chi connectivity index (χ2v) is 4.86. The number of carbonyl (C=O) groups excluding carboxylic acids is 1. The van der Waals surface area contributed by atoms with Crippen molar-refractivity contribution in [1.82, 2.24) is 4.90 Å². The van der Waals surface area contributed by atoms with Gasteiger partial charge in [-0.1, -0.05) is 24.9 Å². The zero-order chi connectivity index (χ0) is 15.3. The largest absolute Gasteiger partial charge is 0.406 e. The van der Waals surface area contributed by atoms with Crippen molar-refractivity contribution in [3.8, 4) is 0 Å². The minimum atomic E-state index is -4.44. The first kappa shape index (κ1) is 16.6. The number of anilines is 1. The Hall–Kier alpha value is -1.43. The lowest BCUT2D eigenvalue weighted by atomic mass is 10.1. The molecule has 0 atom stereocenters. The van der Waals surface area contributed by atoms with Crippen LogP contribution >= 0.6 is 11.6 Å². The van der Waals surface area contributed by atoms with Crippen molar-refractivity contribution in [2.24, 2.45) is 0 Å². The topological polar surface area (TPSA) is 46.3 Å². The molecule has 0 aliphatic rings. The van der Waals surface area contributed by atoms with Crippen LogP contribution in [0.2, 0.25) is 5.02 Å². The highest BCUT2D eigenvalue weighted by Gasteiger charge is 2.33. The van der Waals surface area contributed by atoms with Crippen LogP contribution in [0.15, 0.2) is 18.2 Å². The van der Waals surface area contributed by atoms with Gasteiger partial charge in [0.05, 0.1) is 5.56 Å². The lowest BCUT2D eigenvalue weighted by Crippen LogP contribution is -2.39. The first-order chi connectivity index (χ1) is 9.24. The van der Waals surface area contributed by atoms with Crippen LogP contribution in [-0.4, -0.2) is 30.1 Å². The molecule has 3 nitrogen and oxygen atoms in total. The summed E-state index contributed by atoms with van der Waals surface area (Å²) in [6, 6.07) is 4.12. The fourth-order valence-corrected chi connectivity index (χ4v) is 1.90. The first-order valence-corrected chi connectivity index (χ1v) is 6.53. The molecule has 0 heterocycles. The smallest absolute Gasteiger partial charge is 0.398 e. The number of amides is 1. The van der Waals surface area contributed by atoms with Gasteiger partial charge in [0.2, 0.25) is 0 Å². The van der Waals surface area contributed by atoms with E-state index in [1.165, 1.54) is 18.2 Å². The summed E-state index contributed by atoms with van der Waals surface area (Å²) in [6.45, 7) is 0.595. The van der Waals surface area contributed by atoms with Gasteiger partial charge in [-0.3, -0.25) is 4.79 Å². The molecule has 0 aromatic heterocycles. The Labute approximate surface area is 120 Å². The van der Waals surface area contributed by atoms with Crippen LogP contribution in [0.4, 0.5) is 18.9 Å². The van der Waals surface area contributed by atoms with E-state index in [0.717, 1.165) is 4.90 Å². The molecule has 0 spiro atoms. The molecule has 0 radical (unpaired) electrons. The molecular weight excluding hydrogens is 293 g/mol. The third kappa shape index (κ3) is 4.92. The zero-order valence-electron chi connectivity index (χ0n) is 11.0. The Morgan fingerprint density at radius 1 is 1.40 bits per heavy atom. The SMILES string of the molecule is CCCCN(CC(F)(F)F)C(=O)c1ccc(Cl)cc1N. The fourth-order valence-electron chi connectivity index (χ4n) is 1.72. The quantitative estimate of drug-likeness (QED) is 0.843. The molecule has 0 aliphatic carbocycles. The van der Waals surface area contributed by atoms with Crippen molar-refractivity contribution in [1.29, 1.82) is 0 Å². The summed E-state index contributed by atoms with van der Waals surface area (Å²) in [6.07, 6.45) is -3.25. The van der Waals surface area contributed by atoms with Gasteiger partial charge in [-0.25, -0.2) is 0 Å². The summed E-state index contributed by atoms with van der Waals surface area (Å²) in [4.78, 5) is 12.9. The van der Waals surface area contributed by atoms with Crippen molar-refractivity contribution in [3.05, 3.63) is 28.8 Å². The van der Waals surface area contributed by atoms with Gasteiger partial charge in [-0.15, -0.1) is 0 Å². The molecule has 20 heavy (non-hydrogen) atoms. The van der Waals surface area contributed by atoms with E-state index in [2.05, 4.69) is 0 Å². The number of carbonyl (C=O) groups is 1. The van der Waals surface area contributed by atoms with Gasteiger partial charge in [0.25, 0.3) is 5.91 Å². The van der Waals surface area contributed by atoms with Crippen molar-refractivity contribution in [2.75, 3.05) is 18.8 Å². The van der Waals surface area contributed by atoms with Gasteiger partial charge in [-0.05, 0) is 24.6 Å². The summed E-state index contributed by atoms with van der Waals surface area (Å²) < 4.78 is 37.6. The summed E-state index contributed by atoms with van der Waals surface area (Å²) >= 11 is 5.71. The molecule has 1 amide bonds. The predicted molar refractivity (Wildman–Crippen MR) is 72.7 cm³/mol. The number of halogens is 4. The monoisotopic (exact) mass is 308 g/mol. The van der Waals surface area contributed by atoms with Gasteiger partial charge < -0.3 is 10.6 Å². The van der Waals surface area contributed by atoms with Gasteiger partial charge in [-0.2, -0.15) is 13.2 Å². The molecule has 7 heteroatoms. The predicted octanol–water partition coefficient (Wildman–Crippen LogP) is 3.73. The standard InChI is InChI=1S/C13H16ClF3N2O/c1-2-3-6-19(8-13(15,16)17)12(20)10-5-4-9(14)7-11(10)18/h4-5,7H,2-3,6,8,18H2,1H3. The van der Waals surface area contributed by atoms with Crippen LogP contribution in [0, 0.1) is 0 Å². The minimum Gasteiger partial charge on any atom is -0.398 e. The van der Waals surface area contributed by atoms with Crippen LogP contribution < -0.4 is 5.73 Å². The Bertz CT molecular complexity index is 477. The molecule has 2 N–H and O–H groups in total. The highest BCUT2D eigenvalue weighted by molar-refractivity contribution is 6.31. The summed E-state index contributed by atoms with van der Waals surface area (Å²) in [5.41, 5.74) is 5.75. The van der Waals surface area contributed by atoms with Gasteiger partial charge in [0.1, 0.15) is 6.54 Å². The number of hydrogen-bond donors (Lipinski definition) is 1. The van der Waals surface area contributed by atoms with Crippen molar-refractivity contribution in [3.63, 3.8) is 0 Å². The Morgan fingerprint density at radius 2 is 2.05 bits per heavy atom. The second-order valence-electron chi connectivity index (χ2n) is 4.43. The highest BCUT2D eigenvalue weighted by Crippen LogP contribution is 2.23. The maximum Gasteiger partial charge on any atom is 0.406 e. The zero-order valence-corrected chi connectivity index (χ0v) is 11.8. The maximum absolute atomic E-state index is 12.5. The van der Waals surface area contributed by atoms with Crippen molar-refractivity contribution >= 4 is 23.2 Å². The number of nitrogen functional groups attached to an aromatic ring is 1. The lowest BCUT2D eigenvalue weighted by Gasteiger charge is -2.24. The van der Waals surface area contributed by atoms with Crippen LogP contribution in [0.25, 0.3) is 0 Å². The molecule has 1 rings (SSSR count). The van der Waals surface area contributed by atoms with E-state index in [1.807, 2.05) is 6.92 Å². The normalized spacial score (nSPS) is 11.4. The average molecular weight is 309 g/mol. The number of benzene rings is 1. The molecular formula is C13H16ClF3N2O. The number of nitrogens with zero attached hydrogens (tertiary/aromatic N) is 1. The Kier molecular flexibility index (Phi) is 5.68. The summed E-state index contributed by atoms with van der Waals surface area (Å²) in [5, 5.41) is 0.329. The van der Waals surface area contributed by atoms with Crippen molar-refractivity contribution in [2.45, 2.75) is 25.9 Å². The molecule has 0 saturated carbocycles. The van der Waals surface area contributed by atoms with E-state index in [-0.39, 0.29) is 17.8 Å². The number of rotatable bonds is 5. The van der Waals surface area contributed by atoms with E-state index < -0.39 is 18.6 Å². The minimum absolute atomic E-state index is 0.0368. The number of unbranched alkanes of at least 4 members (excludes halogenated alkanes) is 1. The Morgan fingerprint density at radius 3 is 2.55 bits per heavy atom. The van der Waals surface area contributed by atoms with Crippen LogP contribution in [0.1, 0.15) is 30.1 Å². The second kappa shape index (κ2) is 6.83. The molecule has 112 valence electrons. The average Bonchev–Trinajstić information content (AvgIpc) is 2.32. The van der Waals surface area contributed by atoms with Gasteiger partial charge in [0, 0.05) is 17.3 Å². The highest BCUT2D eigenvalue weighted by atomic mass is 35.5. The molecule has 0 aliphatic heterocycles. The van der Waals surface area contributed by atoms with E-state index >= 15 is 0 Å². The fraction of sp³-hybridized carbons (Fsp3) is 0.462. The maximum atomic E-state index is 12.5. The van der Waals surface area contributed by atoms with E-state index in [9.17, 15) is 18.0 Å². The van der Waals surface area contributed by atoms with Crippen LogP contribution in [-0.2, 0) is 0 Å². The summed E-state index contributed by atoms with van der Waals surface area (Å²) in [7, 11) is 0. The summed E-state index contributed by atoms with van der Waals surface area (Å²) in [5.74, 6) is -0.732. The lowest BCUT2D eigenvalue weighted by molar-refractivity contribution is -0.140. The van der Waals surface area contributed by atoms with Crippen molar-refractivity contribution < 1.29 is 18.0 Å². The van der Waals surface area contributed by atoms with Gasteiger partial charge >= 0.3 is 6.18 Å². The molecule has 1 aromatic rings. The molecule has 0 saturated heterocycles. The van der Waals surface area contributed by atoms with Crippen LogP contribution in [0.3, 0.4) is 0 Å². The van der Waals surface area contributed by atoms with Gasteiger partial charge in [0.15, 0.2) is 0 Å². The molecule has 0 fully saturated rings. The van der Waals surface area contributed by atoms with E-state index in [1.54, 1.807) is 0 Å². The third-order valence-electron chi connectivity index (χ3n) is 2.68. The third-order valence-corrected chi connectivity index (χ3v) is 2.92. The number of hydrogen-bond acceptors (Lipinski definition) is 2. The molecule has 1 aromatic carbocycles. The number of nitrogens with two attached hydrogens (primary N) is 1. The Balaban J connectivity index is 2.96.